The van der Waals surface area contributed by atoms with E-state index in [1.165, 1.54) is 25.7 Å². The third-order valence-corrected chi connectivity index (χ3v) is 3.86. The minimum absolute atomic E-state index is 0.0959. The molecule has 0 fully saturated rings. The summed E-state index contributed by atoms with van der Waals surface area (Å²) in [5.74, 6) is -0.461. The van der Waals surface area contributed by atoms with Crippen molar-refractivity contribution in [2.75, 3.05) is 11.1 Å². The van der Waals surface area contributed by atoms with Crippen molar-refractivity contribution in [2.45, 2.75) is 6.92 Å². The van der Waals surface area contributed by atoms with Gasteiger partial charge in [0.2, 0.25) is 0 Å². The molecule has 0 spiro atoms. The maximum Gasteiger partial charge on any atom is 0.259 e. The SMILES string of the molecule is CC(=N)/C(C(=O)Nc1ccc(N)c(C(=N)c2ccoc2)c1)=C1/C=NC=CN1. The van der Waals surface area contributed by atoms with E-state index in [9.17, 15) is 4.79 Å². The molecule has 0 aliphatic carbocycles. The molecule has 0 saturated carbocycles. The zero-order chi connectivity index (χ0) is 19.4. The monoisotopic (exact) mass is 362 g/mol. The fraction of sp³-hybridized carbons (Fsp3) is 0.0526. The van der Waals surface area contributed by atoms with Crippen molar-refractivity contribution in [1.29, 1.82) is 10.8 Å². The van der Waals surface area contributed by atoms with E-state index in [0.29, 0.717) is 28.2 Å². The molecule has 1 aromatic heterocycles. The number of nitrogens with one attached hydrogen (secondary N) is 4. The van der Waals surface area contributed by atoms with Crippen molar-refractivity contribution in [1.82, 2.24) is 5.32 Å². The van der Waals surface area contributed by atoms with Gasteiger partial charge in [-0.05, 0) is 31.2 Å². The molecule has 0 unspecified atom stereocenters. The lowest BCUT2D eigenvalue weighted by Crippen LogP contribution is -2.25. The van der Waals surface area contributed by atoms with Crippen molar-refractivity contribution < 1.29 is 9.21 Å². The summed E-state index contributed by atoms with van der Waals surface area (Å²) in [5, 5.41) is 21.9. The van der Waals surface area contributed by atoms with Crippen molar-refractivity contribution in [3.8, 4) is 0 Å². The van der Waals surface area contributed by atoms with Crippen LogP contribution in [0.4, 0.5) is 11.4 Å². The van der Waals surface area contributed by atoms with Crippen LogP contribution in [0, 0.1) is 10.8 Å². The Balaban J connectivity index is 1.89. The Kier molecular flexibility index (Phi) is 4.98. The van der Waals surface area contributed by atoms with E-state index in [2.05, 4.69) is 15.6 Å². The smallest absolute Gasteiger partial charge is 0.259 e. The molecule has 3 rings (SSSR count). The molecule has 0 atom stereocenters. The number of rotatable bonds is 5. The lowest BCUT2D eigenvalue weighted by molar-refractivity contribution is -0.112. The fourth-order valence-electron chi connectivity index (χ4n) is 2.56. The number of hydrogen-bond donors (Lipinski definition) is 5. The van der Waals surface area contributed by atoms with Crippen molar-refractivity contribution >= 4 is 34.9 Å². The number of aliphatic imine (C=N–C) groups is 1. The summed E-state index contributed by atoms with van der Waals surface area (Å²) >= 11 is 0. The highest BCUT2D eigenvalue weighted by molar-refractivity contribution is 6.26. The predicted octanol–water partition coefficient (Wildman–Crippen LogP) is 2.66. The van der Waals surface area contributed by atoms with Crippen LogP contribution in [0.3, 0.4) is 0 Å². The maximum atomic E-state index is 12.7. The van der Waals surface area contributed by atoms with Crippen LogP contribution in [0.5, 0.6) is 0 Å². The van der Waals surface area contributed by atoms with Gasteiger partial charge in [-0.1, -0.05) is 0 Å². The van der Waals surface area contributed by atoms with Gasteiger partial charge < -0.3 is 26.2 Å². The Labute approximate surface area is 155 Å². The summed E-state index contributed by atoms with van der Waals surface area (Å²) in [6.07, 6.45) is 7.54. The summed E-state index contributed by atoms with van der Waals surface area (Å²) in [6, 6.07) is 6.54. The number of allylic oxidation sites excluding steroid dienone is 1. The van der Waals surface area contributed by atoms with Crippen LogP contribution >= 0.6 is 0 Å². The highest BCUT2D eigenvalue weighted by Crippen LogP contribution is 2.22. The summed E-state index contributed by atoms with van der Waals surface area (Å²) in [7, 11) is 0. The molecule has 0 radical (unpaired) electrons. The lowest BCUT2D eigenvalue weighted by Gasteiger charge is -2.14. The fourth-order valence-corrected chi connectivity index (χ4v) is 2.56. The molecule has 1 aliphatic heterocycles. The molecule has 136 valence electrons. The molecule has 8 heteroatoms. The van der Waals surface area contributed by atoms with Crippen LogP contribution < -0.4 is 16.4 Å². The number of nitrogens with zero attached hydrogens (tertiary/aromatic N) is 1. The van der Waals surface area contributed by atoms with Gasteiger partial charge in [0.25, 0.3) is 5.91 Å². The van der Waals surface area contributed by atoms with Crippen LogP contribution in [0.15, 0.2) is 69.9 Å². The van der Waals surface area contributed by atoms with Crippen molar-refractivity contribution in [3.05, 3.63) is 71.6 Å². The molecular formula is C19H18N6O2. The van der Waals surface area contributed by atoms with E-state index in [-0.39, 0.29) is 17.0 Å². The van der Waals surface area contributed by atoms with Crippen molar-refractivity contribution in [3.63, 3.8) is 0 Å². The quantitative estimate of drug-likeness (QED) is 0.317. The van der Waals surface area contributed by atoms with Crippen LogP contribution in [-0.2, 0) is 4.79 Å². The molecule has 0 saturated heterocycles. The van der Waals surface area contributed by atoms with Crippen molar-refractivity contribution in [2.24, 2.45) is 4.99 Å². The second-order valence-corrected chi connectivity index (χ2v) is 5.80. The number of benzene rings is 1. The minimum Gasteiger partial charge on any atom is -0.472 e. The van der Waals surface area contributed by atoms with Gasteiger partial charge in [-0.15, -0.1) is 0 Å². The summed E-state index contributed by atoms with van der Waals surface area (Å²) in [6.45, 7) is 1.53. The van der Waals surface area contributed by atoms with Gasteiger partial charge in [-0.25, -0.2) is 0 Å². The molecule has 2 aromatic rings. The maximum absolute atomic E-state index is 12.7. The van der Waals surface area contributed by atoms with Gasteiger partial charge >= 0.3 is 0 Å². The molecule has 1 amide bonds. The second kappa shape index (κ2) is 7.52. The third-order valence-electron chi connectivity index (χ3n) is 3.86. The number of anilines is 2. The number of nitrogen functional groups attached to an aromatic ring is 1. The highest BCUT2D eigenvalue weighted by Gasteiger charge is 2.18. The number of carbonyl (C=O) groups excluding carboxylic acids is 1. The van der Waals surface area contributed by atoms with E-state index in [0.717, 1.165) is 0 Å². The molecular weight excluding hydrogens is 344 g/mol. The van der Waals surface area contributed by atoms with E-state index in [1.54, 1.807) is 36.7 Å². The first kappa shape index (κ1) is 17.9. The molecule has 1 aliphatic rings. The minimum atomic E-state index is -0.461. The van der Waals surface area contributed by atoms with Gasteiger partial charge in [0.1, 0.15) is 0 Å². The van der Waals surface area contributed by atoms with E-state index < -0.39 is 5.91 Å². The van der Waals surface area contributed by atoms with Crippen LogP contribution in [0.2, 0.25) is 0 Å². The Morgan fingerprint density at radius 3 is 2.74 bits per heavy atom. The van der Waals surface area contributed by atoms with Gasteiger partial charge in [-0.3, -0.25) is 15.2 Å². The van der Waals surface area contributed by atoms with E-state index >= 15 is 0 Å². The van der Waals surface area contributed by atoms with Gasteiger partial charge in [0, 0.05) is 40.6 Å². The molecule has 6 N–H and O–H groups in total. The number of amides is 1. The Morgan fingerprint density at radius 1 is 1.30 bits per heavy atom. The summed E-state index contributed by atoms with van der Waals surface area (Å²) in [5.41, 5.74) is 8.80. The molecule has 27 heavy (non-hydrogen) atoms. The summed E-state index contributed by atoms with van der Waals surface area (Å²) < 4.78 is 5.01. The van der Waals surface area contributed by atoms with Gasteiger partial charge in [0.05, 0.1) is 35.7 Å². The third kappa shape index (κ3) is 3.84. The Hall–Kier alpha value is -3.94. The first-order valence-corrected chi connectivity index (χ1v) is 8.04. The normalized spacial score (nSPS) is 14.4. The average Bonchev–Trinajstić information content (AvgIpc) is 3.18. The Bertz CT molecular complexity index is 999. The van der Waals surface area contributed by atoms with Crippen LogP contribution in [0.25, 0.3) is 0 Å². The standard InChI is InChI=1S/C19H18N6O2/c1-11(20)17(16-9-23-5-6-24-16)19(26)25-13-2-3-15(21)14(8-13)18(22)12-4-7-27-10-12/h2-10,20,22,24H,21H2,1H3,(H,25,26)/b17-16+,20-11?,22-18?. The molecule has 2 heterocycles. The zero-order valence-corrected chi connectivity index (χ0v) is 14.5. The number of furan rings is 1. The Morgan fingerprint density at radius 2 is 2.11 bits per heavy atom. The van der Waals surface area contributed by atoms with E-state index in [4.69, 9.17) is 21.0 Å². The van der Waals surface area contributed by atoms with Gasteiger partial charge in [0.15, 0.2) is 0 Å². The topological polar surface area (TPSA) is 140 Å². The molecule has 1 aromatic carbocycles. The highest BCUT2D eigenvalue weighted by atomic mass is 16.3. The second-order valence-electron chi connectivity index (χ2n) is 5.80. The zero-order valence-electron chi connectivity index (χ0n) is 14.5. The number of nitrogens with two attached hydrogens (primary N) is 1. The van der Waals surface area contributed by atoms with E-state index in [1.807, 2.05) is 0 Å². The van der Waals surface area contributed by atoms with Crippen LogP contribution in [0.1, 0.15) is 18.1 Å². The van der Waals surface area contributed by atoms with Gasteiger partial charge in [-0.2, -0.15) is 0 Å². The summed E-state index contributed by atoms with van der Waals surface area (Å²) in [4.78, 5) is 16.7. The predicted molar refractivity (Wildman–Crippen MR) is 105 cm³/mol. The lowest BCUT2D eigenvalue weighted by atomic mass is 10.0. The number of hydrogen-bond acceptors (Lipinski definition) is 7. The van der Waals surface area contributed by atoms with Crippen LogP contribution in [-0.4, -0.2) is 23.5 Å². The molecule has 8 nitrogen and oxygen atoms in total. The first-order valence-electron chi connectivity index (χ1n) is 8.04. The molecule has 0 bridgehead atoms. The number of carbonyl (C=O) groups is 1. The first-order chi connectivity index (χ1) is 13.0. The largest absolute Gasteiger partial charge is 0.472 e. The average molecular weight is 362 g/mol.